The Bertz CT molecular complexity index is 544. The Kier molecular flexibility index (Phi) is 4.78. The van der Waals surface area contributed by atoms with Crippen molar-refractivity contribution >= 4 is 38.9 Å². The molecular weight excluding hydrogens is 337 g/mol. The van der Waals surface area contributed by atoms with Crippen LogP contribution in [0.1, 0.15) is 16.5 Å². The van der Waals surface area contributed by atoms with E-state index in [0.717, 1.165) is 10.2 Å². The second kappa shape index (κ2) is 6.15. The average molecular weight is 349 g/mol. The summed E-state index contributed by atoms with van der Waals surface area (Å²) in [6.07, 6.45) is 0.755. The van der Waals surface area contributed by atoms with E-state index in [0.29, 0.717) is 10.6 Å². The van der Waals surface area contributed by atoms with Gasteiger partial charge >= 0.3 is 0 Å². The zero-order valence-corrected chi connectivity index (χ0v) is 12.9. The van der Waals surface area contributed by atoms with Crippen LogP contribution in [0.4, 0.5) is 4.39 Å². The van der Waals surface area contributed by atoms with Gasteiger partial charge in [0, 0.05) is 27.9 Å². The highest BCUT2D eigenvalue weighted by molar-refractivity contribution is 9.11. The van der Waals surface area contributed by atoms with Crippen LogP contribution in [-0.2, 0) is 6.42 Å². The molecule has 0 saturated carbocycles. The molecule has 2 aromatic rings. The molecule has 96 valence electrons. The Morgan fingerprint density at radius 3 is 2.72 bits per heavy atom. The van der Waals surface area contributed by atoms with E-state index in [2.05, 4.69) is 21.2 Å². The normalized spacial score (nSPS) is 12.7. The molecule has 1 aromatic carbocycles. The minimum absolute atomic E-state index is 0.0483. The van der Waals surface area contributed by atoms with Crippen LogP contribution >= 0.6 is 38.9 Å². The highest BCUT2D eigenvalue weighted by atomic mass is 79.9. The molecule has 0 aliphatic carbocycles. The summed E-state index contributed by atoms with van der Waals surface area (Å²) in [5.41, 5.74) is 0.645. The topological polar surface area (TPSA) is 12.0 Å². The Balaban J connectivity index is 2.22. The SMILES string of the molecule is CNC(Cc1ccc(Br)s1)c1ccc(Cl)cc1F. The lowest BCUT2D eigenvalue weighted by Crippen LogP contribution is -2.19. The lowest BCUT2D eigenvalue weighted by Gasteiger charge is -2.16. The number of hydrogen-bond acceptors (Lipinski definition) is 2. The van der Waals surface area contributed by atoms with Gasteiger partial charge in [-0.05, 0) is 47.2 Å². The van der Waals surface area contributed by atoms with Crippen molar-refractivity contribution < 1.29 is 4.39 Å². The second-order valence-electron chi connectivity index (χ2n) is 3.92. The van der Waals surface area contributed by atoms with Gasteiger partial charge in [0.05, 0.1) is 3.79 Å². The van der Waals surface area contributed by atoms with E-state index in [1.807, 2.05) is 19.2 Å². The lowest BCUT2D eigenvalue weighted by atomic mass is 10.0. The van der Waals surface area contributed by atoms with E-state index in [1.165, 1.54) is 10.9 Å². The van der Waals surface area contributed by atoms with Crippen molar-refractivity contribution in [1.29, 1.82) is 0 Å². The molecule has 2 rings (SSSR count). The maximum atomic E-state index is 13.9. The number of likely N-dealkylation sites (N-methyl/N-ethyl adjacent to an activating group) is 1. The van der Waals surface area contributed by atoms with Gasteiger partial charge in [-0.3, -0.25) is 0 Å². The van der Waals surface area contributed by atoms with E-state index < -0.39 is 0 Å². The monoisotopic (exact) mass is 347 g/mol. The van der Waals surface area contributed by atoms with Crippen molar-refractivity contribution in [3.8, 4) is 0 Å². The summed E-state index contributed by atoms with van der Waals surface area (Å²) in [6, 6.07) is 8.81. The molecule has 1 heterocycles. The highest BCUT2D eigenvalue weighted by Gasteiger charge is 2.15. The molecule has 1 aromatic heterocycles. The fraction of sp³-hybridized carbons (Fsp3) is 0.231. The molecule has 0 bridgehead atoms. The van der Waals surface area contributed by atoms with Crippen LogP contribution in [0, 0.1) is 5.82 Å². The zero-order chi connectivity index (χ0) is 13.1. The molecule has 0 fully saturated rings. The van der Waals surface area contributed by atoms with E-state index in [-0.39, 0.29) is 11.9 Å². The number of thiophene rings is 1. The van der Waals surface area contributed by atoms with Crippen molar-refractivity contribution in [2.24, 2.45) is 0 Å². The van der Waals surface area contributed by atoms with E-state index in [4.69, 9.17) is 11.6 Å². The molecule has 0 aliphatic rings. The van der Waals surface area contributed by atoms with Gasteiger partial charge in [-0.1, -0.05) is 17.7 Å². The summed E-state index contributed by atoms with van der Waals surface area (Å²) in [5, 5.41) is 3.57. The number of halogens is 3. The fourth-order valence-electron chi connectivity index (χ4n) is 1.81. The highest BCUT2D eigenvalue weighted by Crippen LogP contribution is 2.28. The standard InChI is InChI=1S/C13H12BrClFNS/c1-17-12(7-9-3-5-13(14)18-9)10-4-2-8(15)6-11(10)16/h2-6,12,17H,7H2,1H3. The van der Waals surface area contributed by atoms with Crippen LogP contribution in [0.25, 0.3) is 0 Å². The van der Waals surface area contributed by atoms with Crippen molar-refractivity contribution in [3.05, 3.63) is 55.4 Å². The number of nitrogens with one attached hydrogen (secondary N) is 1. The van der Waals surface area contributed by atoms with Crippen LogP contribution in [0.2, 0.25) is 5.02 Å². The summed E-state index contributed by atoms with van der Waals surface area (Å²) >= 11 is 10.9. The summed E-state index contributed by atoms with van der Waals surface area (Å²) < 4.78 is 15.0. The van der Waals surface area contributed by atoms with Crippen LogP contribution in [0.5, 0.6) is 0 Å². The van der Waals surface area contributed by atoms with Crippen LogP contribution < -0.4 is 5.32 Å². The van der Waals surface area contributed by atoms with E-state index in [1.54, 1.807) is 23.5 Å². The minimum atomic E-state index is -0.266. The van der Waals surface area contributed by atoms with Crippen LogP contribution in [-0.4, -0.2) is 7.05 Å². The molecule has 0 radical (unpaired) electrons. The first-order valence-electron chi connectivity index (χ1n) is 5.46. The Hall–Kier alpha value is -0.420. The first kappa shape index (κ1) is 14.0. The molecule has 1 N–H and O–H groups in total. The quantitative estimate of drug-likeness (QED) is 0.836. The smallest absolute Gasteiger partial charge is 0.129 e. The summed E-state index contributed by atoms with van der Waals surface area (Å²) in [5.74, 6) is -0.266. The number of rotatable bonds is 4. The molecule has 0 saturated heterocycles. The molecule has 0 amide bonds. The maximum absolute atomic E-state index is 13.9. The Labute approximate surface area is 123 Å². The van der Waals surface area contributed by atoms with Gasteiger partial charge < -0.3 is 5.32 Å². The number of hydrogen-bond donors (Lipinski definition) is 1. The summed E-state index contributed by atoms with van der Waals surface area (Å²) in [6.45, 7) is 0. The third-order valence-electron chi connectivity index (χ3n) is 2.72. The molecule has 18 heavy (non-hydrogen) atoms. The predicted octanol–water partition coefficient (Wildman–Crippen LogP) is 4.81. The molecule has 5 heteroatoms. The lowest BCUT2D eigenvalue weighted by molar-refractivity contribution is 0.536. The average Bonchev–Trinajstić information content (AvgIpc) is 2.72. The minimum Gasteiger partial charge on any atom is -0.313 e. The third kappa shape index (κ3) is 3.32. The molecular formula is C13H12BrClFNS. The first-order chi connectivity index (χ1) is 8.60. The van der Waals surface area contributed by atoms with Gasteiger partial charge in [0.25, 0.3) is 0 Å². The fourth-order valence-corrected chi connectivity index (χ4v) is 3.50. The largest absolute Gasteiger partial charge is 0.313 e. The molecule has 0 spiro atoms. The van der Waals surface area contributed by atoms with Crippen molar-refractivity contribution in [3.63, 3.8) is 0 Å². The van der Waals surface area contributed by atoms with Crippen molar-refractivity contribution in [2.45, 2.75) is 12.5 Å². The van der Waals surface area contributed by atoms with Gasteiger partial charge in [-0.15, -0.1) is 11.3 Å². The zero-order valence-electron chi connectivity index (χ0n) is 9.71. The third-order valence-corrected chi connectivity index (χ3v) is 4.60. The van der Waals surface area contributed by atoms with Gasteiger partial charge in [-0.2, -0.15) is 0 Å². The van der Waals surface area contributed by atoms with Gasteiger partial charge in [0.15, 0.2) is 0 Å². The molecule has 0 aliphatic heterocycles. The van der Waals surface area contributed by atoms with Crippen molar-refractivity contribution in [1.82, 2.24) is 5.32 Å². The molecule has 1 nitrogen and oxygen atoms in total. The Morgan fingerprint density at radius 2 is 2.17 bits per heavy atom. The maximum Gasteiger partial charge on any atom is 0.129 e. The molecule has 1 atom stereocenters. The Morgan fingerprint density at radius 1 is 1.39 bits per heavy atom. The van der Waals surface area contributed by atoms with Gasteiger partial charge in [0.2, 0.25) is 0 Å². The van der Waals surface area contributed by atoms with E-state index in [9.17, 15) is 4.39 Å². The molecule has 1 unspecified atom stereocenters. The summed E-state index contributed by atoms with van der Waals surface area (Å²) in [4.78, 5) is 1.20. The van der Waals surface area contributed by atoms with Gasteiger partial charge in [-0.25, -0.2) is 4.39 Å². The van der Waals surface area contributed by atoms with Crippen molar-refractivity contribution in [2.75, 3.05) is 7.05 Å². The summed E-state index contributed by atoms with van der Waals surface area (Å²) in [7, 11) is 1.83. The number of benzene rings is 1. The predicted molar refractivity (Wildman–Crippen MR) is 78.9 cm³/mol. The van der Waals surface area contributed by atoms with Crippen LogP contribution in [0.15, 0.2) is 34.1 Å². The first-order valence-corrected chi connectivity index (χ1v) is 7.45. The van der Waals surface area contributed by atoms with E-state index >= 15 is 0 Å². The van der Waals surface area contributed by atoms with Gasteiger partial charge in [0.1, 0.15) is 5.82 Å². The second-order valence-corrected chi connectivity index (χ2v) is 6.90. The van der Waals surface area contributed by atoms with Crippen LogP contribution in [0.3, 0.4) is 0 Å².